The Balaban J connectivity index is 4.12. The molecule has 2 atom stereocenters. The first-order chi connectivity index (χ1) is 18.2. The number of rotatable bonds is 19. The Kier molecular flexibility index (Phi) is 16.2. The average molecular weight is 562 g/mol. The summed E-state index contributed by atoms with van der Waals surface area (Å²) in [5, 5.41) is 38.9. The lowest BCUT2D eigenvalue weighted by molar-refractivity contribution is -0.143. The maximum atomic E-state index is 11.7. The summed E-state index contributed by atoms with van der Waals surface area (Å²) in [5.74, 6) is -8.64. The lowest BCUT2D eigenvalue weighted by Crippen LogP contribution is -2.48. The summed E-state index contributed by atoms with van der Waals surface area (Å²) in [6.45, 7) is -2.88. The summed E-state index contributed by atoms with van der Waals surface area (Å²) in [6.07, 6.45) is -1.32. The highest BCUT2D eigenvalue weighted by Gasteiger charge is 2.21. The number of nitrogens with two attached hydrogens (primary N) is 1. The predicted octanol–water partition coefficient (Wildman–Crippen LogP) is -5.81. The molecule has 0 saturated heterocycles. The second-order valence-electron chi connectivity index (χ2n) is 7.75. The molecule has 0 spiro atoms. The van der Waals surface area contributed by atoms with Crippen molar-refractivity contribution in [2.75, 3.05) is 32.7 Å². The van der Waals surface area contributed by atoms with E-state index in [-0.39, 0.29) is 19.3 Å². The molecule has 6 amide bonds. The van der Waals surface area contributed by atoms with Crippen molar-refractivity contribution in [1.82, 2.24) is 31.9 Å². The topological polar surface area (TPSA) is 313 Å². The van der Waals surface area contributed by atoms with Gasteiger partial charge >= 0.3 is 17.9 Å². The van der Waals surface area contributed by atoms with Crippen LogP contribution in [0, 0.1) is 0 Å². The molecule has 0 aromatic rings. The van der Waals surface area contributed by atoms with Gasteiger partial charge in [0.2, 0.25) is 35.4 Å². The molecule has 0 unspecified atom stereocenters. The van der Waals surface area contributed by atoms with E-state index < -0.39 is 105 Å². The number of hydrogen-bond acceptors (Lipinski definition) is 10. The summed E-state index contributed by atoms with van der Waals surface area (Å²) in [4.78, 5) is 102. The van der Waals surface area contributed by atoms with Crippen LogP contribution >= 0.6 is 0 Å². The van der Waals surface area contributed by atoms with Gasteiger partial charge in [0.15, 0.2) is 0 Å². The van der Waals surface area contributed by atoms with Gasteiger partial charge in [0.05, 0.1) is 38.8 Å². The Labute approximate surface area is 220 Å². The van der Waals surface area contributed by atoms with Crippen molar-refractivity contribution in [3.8, 4) is 0 Å². The minimum Gasteiger partial charge on any atom is -0.481 e. The summed E-state index contributed by atoms with van der Waals surface area (Å²) >= 11 is 0. The molecule has 0 aliphatic rings. The molecule has 0 rings (SSSR count). The molecule has 39 heavy (non-hydrogen) atoms. The molecule has 0 heterocycles. The van der Waals surface area contributed by atoms with E-state index in [1.807, 2.05) is 5.32 Å². The van der Waals surface area contributed by atoms with E-state index >= 15 is 0 Å². The van der Waals surface area contributed by atoms with Gasteiger partial charge in [-0.15, -0.1) is 0 Å². The van der Waals surface area contributed by atoms with E-state index in [2.05, 4.69) is 26.6 Å². The molecule has 0 aliphatic heterocycles. The van der Waals surface area contributed by atoms with Crippen molar-refractivity contribution in [2.24, 2.45) is 5.73 Å². The van der Waals surface area contributed by atoms with Crippen molar-refractivity contribution in [3.05, 3.63) is 0 Å². The smallest absolute Gasteiger partial charge is 0.326 e. The zero-order valence-corrected chi connectivity index (χ0v) is 20.6. The first kappa shape index (κ1) is 34.2. The maximum absolute atomic E-state index is 11.7. The van der Waals surface area contributed by atoms with Gasteiger partial charge in [-0.1, -0.05) is 0 Å². The highest BCUT2D eigenvalue weighted by molar-refractivity contribution is 5.92. The summed E-state index contributed by atoms with van der Waals surface area (Å²) in [7, 11) is 0. The lowest BCUT2D eigenvalue weighted by Gasteiger charge is -2.14. The zero-order valence-electron chi connectivity index (χ0n) is 20.6. The number of carboxylic acid groups (broad SMARTS) is 3. The fourth-order valence-corrected chi connectivity index (χ4v) is 2.44. The zero-order chi connectivity index (χ0) is 30.0. The van der Waals surface area contributed by atoms with Gasteiger partial charge in [0.1, 0.15) is 6.04 Å². The van der Waals surface area contributed by atoms with Crippen molar-refractivity contribution in [1.29, 1.82) is 0 Å². The first-order valence-corrected chi connectivity index (χ1v) is 11.3. The molecule has 0 aromatic carbocycles. The highest BCUT2D eigenvalue weighted by Crippen LogP contribution is 1.98. The molecule has 0 aromatic heterocycles. The number of carbonyl (C=O) groups is 9. The molecule has 19 nitrogen and oxygen atoms in total. The summed E-state index contributed by atoms with van der Waals surface area (Å²) < 4.78 is 0. The molecule has 0 saturated carbocycles. The SMILES string of the molecule is N[C@@H](CCC(=O)O)C(=O)NCC(=O)NCC(=O)NCC(=O)NCC(=O)NCC(=O)N[C@@H](CCC(=O)O)C(=O)O. The van der Waals surface area contributed by atoms with Crippen molar-refractivity contribution in [3.63, 3.8) is 0 Å². The summed E-state index contributed by atoms with van der Waals surface area (Å²) in [5.41, 5.74) is 5.47. The van der Waals surface area contributed by atoms with Crippen molar-refractivity contribution >= 4 is 53.4 Å². The molecule has 0 aliphatic carbocycles. The Hall–Kier alpha value is -4.81. The minimum absolute atomic E-state index is 0.131. The van der Waals surface area contributed by atoms with Crippen LogP contribution in [0.25, 0.3) is 0 Å². The van der Waals surface area contributed by atoms with Crippen LogP contribution in [0.1, 0.15) is 25.7 Å². The number of amides is 6. The maximum Gasteiger partial charge on any atom is 0.326 e. The third-order valence-electron chi connectivity index (χ3n) is 4.49. The van der Waals surface area contributed by atoms with Crippen LogP contribution in [-0.2, 0) is 43.2 Å². The molecule has 0 bridgehead atoms. The largest absolute Gasteiger partial charge is 0.481 e. The number of nitrogens with one attached hydrogen (secondary N) is 6. The predicted molar refractivity (Wildman–Crippen MR) is 126 cm³/mol. The molecular weight excluding hydrogens is 530 g/mol. The molecule has 0 radical (unpaired) electrons. The Morgan fingerprint density at radius 3 is 1.28 bits per heavy atom. The Morgan fingerprint density at radius 1 is 0.538 bits per heavy atom. The Bertz CT molecular complexity index is 955. The lowest BCUT2D eigenvalue weighted by atomic mass is 10.1. The molecular formula is C20H31N7O12. The van der Waals surface area contributed by atoms with Gasteiger partial charge in [-0.3, -0.25) is 38.4 Å². The fraction of sp³-hybridized carbons (Fsp3) is 0.550. The molecule has 0 fully saturated rings. The van der Waals surface area contributed by atoms with Gasteiger partial charge in [0.25, 0.3) is 0 Å². The van der Waals surface area contributed by atoms with Crippen molar-refractivity contribution in [2.45, 2.75) is 37.8 Å². The van der Waals surface area contributed by atoms with E-state index in [1.54, 1.807) is 0 Å². The van der Waals surface area contributed by atoms with E-state index in [4.69, 9.17) is 21.1 Å². The number of aliphatic carboxylic acids is 3. The van der Waals surface area contributed by atoms with Crippen molar-refractivity contribution < 1.29 is 58.5 Å². The second-order valence-corrected chi connectivity index (χ2v) is 7.75. The van der Waals surface area contributed by atoms with Crippen LogP contribution in [0.4, 0.5) is 0 Å². The highest BCUT2D eigenvalue weighted by atomic mass is 16.4. The van der Waals surface area contributed by atoms with Crippen LogP contribution in [0.15, 0.2) is 0 Å². The number of carboxylic acids is 3. The van der Waals surface area contributed by atoms with Gasteiger partial charge in [-0.2, -0.15) is 0 Å². The van der Waals surface area contributed by atoms with Crippen LogP contribution in [0.5, 0.6) is 0 Å². The third-order valence-corrected chi connectivity index (χ3v) is 4.49. The van der Waals surface area contributed by atoms with Crippen LogP contribution in [0.2, 0.25) is 0 Å². The van der Waals surface area contributed by atoms with E-state index in [0.717, 1.165) is 0 Å². The molecule has 19 heteroatoms. The standard InChI is InChI=1S/C20H31N7O12/c21-10(1-3-17(33)34)19(37)26-8-15(31)24-6-13(29)22-5-12(28)23-7-14(30)25-9-16(32)27-11(20(38)39)2-4-18(35)36/h10-11H,1-9,21H2,(H,22,29)(H,23,28)(H,24,31)(H,25,30)(H,26,37)(H,27,32)(H,33,34)(H,35,36)(H,38,39)/t10-,11-/m0/s1. The monoisotopic (exact) mass is 561 g/mol. The van der Waals surface area contributed by atoms with E-state index in [9.17, 15) is 43.2 Å². The van der Waals surface area contributed by atoms with Crippen LogP contribution < -0.4 is 37.6 Å². The molecule has 11 N–H and O–H groups in total. The normalized spacial score (nSPS) is 11.6. The number of carbonyl (C=O) groups excluding carboxylic acids is 6. The van der Waals surface area contributed by atoms with Crippen LogP contribution in [0.3, 0.4) is 0 Å². The minimum atomic E-state index is -1.47. The second kappa shape index (κ2) is 18.4. The Morgan fingerprint density at radius 2 is 0.897 bits per heavy atom. The number of hydrogen-bond donors (Lipinski definition) is 10. The quantitative estimate of drug-likeness (QED) is 0.0703. The van der Waals surface area contributed by atoms with Gasteiger partial charge in [0, 0.05) is 12.8 Å². The third kappa shape index (κ3) is 18.1. The van der Waals surface area contributed by atoms with Crippen LogP contribution in [-0.4, -0.2) is 113 Å². The van der Waals surface area contributed by atoms with Gasteiger partial charge in [-0.05, 0) is 12.8 Å². The summed E-state index contributed by atoms with van der Waals surface area (Å²) in [6, 6.07) is -2.60. The van der Waals surface area contributed by atoms with Gasteiger partial charge < -0.3 is 53.0 Å². The fourth-order valence-electron chi connectivity index (χ4n) is 2.44. The molecule has 218 valence electrons. The van der Waals surface area contributed by atoms with Gasteiger partial charge in [-0.25, -0.2) is 4.79 Å². The van der Waals surface area contributed by atoms with E-state index in [0.29, 0.717) is 0 Å². The van der Waals surface area contributed by atoms with E-state index in [1.165, 1.54) is 0 Å². The first-order valence-electron chi connectivity index (χ1n) is 11.3. The average Bonchev–Trinajstić information content (AvgIpc) is 2.87.